The summed E-state index contributed by atoms with van der Waals surface area (Å²) in [5.41, 5.74) is 0.726. The summed E-state index contributed by atoms with van der Waals surface area (Å²) in [6, 6.07) is 5.16. The van der Waals surface area contributed by atoms with Crippen molar-refractivity contribution in [2.24, 2.45) is 5.92 Å². The lowest BCUT2D eigenvalue weighted by Crippen LogP contribution is -2.14. The van der Waals surface area contributed by atoms with Crippen LogP contribution in [0.5, 0.6) is 0 Å². The van der Waals surface area contributed by atoms with Gasteiger partial charge in [-0.25, -0.2) is 4.39 Å². The van der Waals surface area contributed by atoms with Crippen molar-refractivity contribution in [3.8, 4) is 0 Å². The first kappa shape index (κ1) is 14.5. The minimum absolute atomic E-state index is 0.160. The smallest absolute Gasteiger partial charge is 0.128 e. The molecule has 0 amide bonds. The Bertz CT molecular complexity index is 346. The van der Waals surface area contributed by atoms with Crippen LogP contribution in [-0.4, -0.2) is 24.0 Å². The lowest BCUT2D eigenvalue weighted by molar-refractivity contribution is 0.250. The number of aliphatic hydroxyl groups is 1. The van der Waals surface area contributed by atoms with Crippen molar-refractivity contribution >= 4 is 11.8 Å². The number of halogens is 1. The van der Waals surface area contributed by atoms with Gasteiger partial charge in [-0.2, -0.15) is 0 Å². The zero-order valence-corrected chi connectivity index (χ0v) is 11.2. The summed E-state index contributed by atoms with van der Waals surface area (Å²) in [6.45, 7) is 5.53. The maximum Gasteiger partial charge on any atom is 0.128 e. The predicted molar refractivity (Wildman–Crippen MR) is 70.8 cm³/mol. The molecular weight excluding hydrogens is 237 g/mol. The van der Waals surface area contributed by atoms with Crippen LogP contribution >= 0.6 is 11.8 Å². The molecule has 0 heterocycles. The third-order valence-corrected chi connectivity index (χ3v) is 3.89. The molecule has 0 saturated heterocycles. The Morgan fingerprint density at radius 2 is 2.24 bits per heavy atom. The number of aliphatic hydroxyl groups excluding tert-OH is 1. The second kappa shape index (κ2) is 7.69. The molecule has 0 aliphatic rings. The normalized spacial score (nSPS) is 12.7. The summed E-state index contributed by atoms with van der Waals surface area (Å²) in [5, 5.41) is 12.1. The van der Waals surface area contributed by atoms with Gasteiger partial charge < -0.3 is 10.4 Å². The Balaban J connectivity index is 2.72. The van der Waals surface area contributed by atoms with Gasteiger partial charge >= 0.3 is 0 Å². The lowest BCUT2D eigenvalue weighted by atomic mass is 10.2. The highest BCUT2D eigenvalue weighted by atomic mass is 32.2. The highest BCUT2D eigenvalue weighted by Crippen LogP contribution is 2.26. The van der Waals surface area contributed by atoms with Gasteiger partial charge in [-0.1, -0.05) is 19.9 Å². The van der Waals surface area contributed by atoms with Crippen molar-refractivity contribution in [2.75, 3.05) is 18.9 Å². The lowest BCUT2D eigenvalue weighted by Gasteiger charge is -2.12. The highest BCUT2D eigenvalue weighted by molar-refractivity contribution is 7.99. The van der Waals surface area contributed by atoms with Gasteiger partial charge in [-0.15, -0.1) is 11.8 Å². The van der Waals surface area contributed by atoms with E-state index in [2.05, 4.69) is 5.32 Å². The van der Waals surface area contributed by atoms with E-state index in [4.69, 9.17) is 5.11 Å². The summed E-state index contributed by atoms with van der Waals surface area (Å²) in [6.07, 6.45) is 0. The van der Waals surface area contributed by atoms with Crippen LogP contribution in [0.25, 0.3) is 0 Å². The first-order chi connectivity index (χ1) is 8.19. The van der Waals surface area contributed by atoms with Gasteiger partial charge in [-0.3, -0.25) is 0 Å². The number of nitrogens with one attached hydrogen (secondary N) is 1. The molecule has 0 aliphatic heterocycles. The Labute approximate surface area is 107 Å². The monoisotopic (exact) mass is 257 g/mol. The van der Waals surface area contributed by atoms with E-state index in [1.54, 1.807) is 17.8 Å². The molecule has 17 heavy (non-hydrogen) atoms. The Hall–Kier alpha value is -0.580. The van der Waals surface area contributed by atoms with Gasteiger partial charge in [0.15, 0.2) is 0 Å². The molecule has 96 valence electrons. The van der Waals surface area contributed by atoms with Crippen LogP contribution in [0.15, 0.2) is 23.1 Å². The van der Waals surface area contributed by atoms with Gasteiger partial charge in [0.05, 0.1) is 0 Å². The van der Waals surface area contributed by atoms with Crippen LogP contribution in [0.2, 0.25) is 0 Å². The fourth-order valence-corrected chi connectivity index (χ4v) is 2.47. The van der Waals surface area contributed by atoms with Gasteiger partial charge in [0.1, 0.15) is 5.82 Å². The highest BCUT2D eigenvalue weighted by Gasteiger charge is 2.09. The Morgan fingerprint density at radius 1 is 1.47 bits per heavy atom. The van der Waals surface area contributed by atoms with E-state index in [1.807, 2.05) is 19.9 Å². The number of hydrogen-bond donors (Lipinski definition) is 2. The molecule has 0 bridgehead atoms. The second-order valence-electron chi connectivity index (χ2n) is 4.10. The standard InChI is InChI=1S/C13H20FNOS/c1-3-15-7-11-12(14)5-4-6-13(11)17-9-10(2)8-16/h4-6,10,15-16H,3,7-9H2,1-2H3. The molecule has 0 spiro atoms. The molecule has 1 rings (SSSR count). The quantitative estimate of drug-likeness (QED) is 0.737. The van der Waals surface area contributed by atoms with E-state index < -0.39 is 0 Å². The number of rotatable bonds is 7. The maximum absolute atomic E-state index is 13.7. The van der Waals surface area contributed by atoms with Crippen LogP contribution in [0.1, 0.15) is 19.4 Å². The third kappa shape index (κ3) is 4.66. The largest absolute Gasteiger partial charge is 0.396 e. The molecule has 0 aliphatic carbocycles. The van der Waals surface area contributed by atoms with Gasteiger partial charge in [0.2, 0.25) is 0 Å². The first-order valence-electron chi connectivity index (χ1n) is 5.90. The minimum atomic E-state index is -0.160. The maximum atomic E-state index is 13.7. The molecule has 1 atom stereocenters. The number of hydrogen-bond acceptors (Lipinski definition) is 3. The van der Waals surface area contributed by atoms with E-state index in [0.29, 0.717) is 6.54 Å². The second-order valence-corrected chi connectivity index (χ2v) is 5.16. The van der Waals surface area contributed by atoms with Crippen LogP contribution in [-0.2, 0) is 6.54 Å². The zero-order valence-electron chi connectivity index (χ0n) is 10.4. The molecule has 0 aromatic heterocycles. The first-order valence-corrected chi connectivity index (χ1v) is 6.89. The fraction of sp³-hybridized carbons (Fsp3) is 0.538. The van der Waals surface area contributed by atoms with Gasteiger partial charge in [-0.05, 0) is 24.6 Å². The average Bonchev–Trinajstić information content (AvgIpc) is 2.34. The van der Waals surface area contributed by atoms with Crippen LogP contribution in [0, 0.1) is 11.7 Å². The SMILES string of the molecule is CCNCc1c(F)cccc1SCC(C)CO. The number of benzene rings is 1. The summed E-state index contributed by atoms with van der Waals surface area (Å²) < 4.78 is 13.7. The molecule has 4 heteroatoms. The molecule has 2 N–H and O–H groups in total. The third-order valence-electron chi connectivity index (χ3n) is 2.46. The van der Waals surface area contributed by atoms with E-state index in [9.17, 15) is 4.39 Å². The topological polar surface area (TPSA) is 32.3 Å². The zero-order chi connectivity index (χ0) is 12.7. The van der Waals surface area contributed by atoms with E-state index in [-0.39, 0.29) is 18.3 Å². The molecule has 0 saturated carbocycles. The summed E-state index contributed by atoms with van der Waals surface area (Å²) in [4.78, 5) is 0.964. The van der Waals surface area contributed by atoms with E-state index >= 15 is 0 Å². The van der Waals surface area contributed by atoms with Crippen molar-refractivity contribution in [1.29, 1.82) is 0 Å². The molecule has 1 aromatic rings. The van der Waals surface area contributed by atoms with Crippen molar-refractivity contribution in [3.63, 3.8) is 0 Å². The predicted octanol–water partition coefficient (Wildman–Crippen LogP) is 2.66. The summed E-state index contributed by atoms with van der Waals surface area (Å²) in [5.74, 6) is 0.877. The molecule has 1 unspecified atom stereocenters. The molecule has 0 radical (unpaired) electrons. The van der Waals surface area contributed by atoms with Crippen LogP contribution in [0.4, 0.5) is 4.39 Å². The van der Waals surface area contributed by atoms with Crippen molar-refractivity contribution < 1.29 is 9.50 Å². The summed E-state index contributed by atoms with van der Waals surface area (Å²) in [7, 11) is 0. The molecular formula is C13H20FNOS. The number of thioether (sulfide) groups is 1. The molecule has 2 nitrogen and oxygen atoms in total. The Morgan fingerprint density at radius 3 is 2.88 bits per heavy atom. The van der Waals surface area contributed by atoms with Crippen molar-refractivity contribution in [2.45, 2.75) is 25.3 Å². The summed E-state index contributed by atoms with van der Waals surface area (Å²) >= 11 is 1.60. The molecule has 0 fully saturated rings. The molecule has 1 aromatic carbocycles. The van der Waals surface area contributed by atoms with Gasteiger partial charge in [0, 0.05) is 29.4 Å². The van der Waals surface area contributed by atoms with Crippen LogP contribution < -0.4 is 5.32 Å². The fourth-order valence-electron chi connectivity index (χ4n) is 1.38. The van der Waals surface area contributed by atoms with E-state index in [1.165, 1.54) is 6.07 Å². The minimum Gasteiger partial charge on any atom is -0.396 e. The Kier molecular flexibility index (Phi) is 6.55. The van der Waals surface area contributed by atoms with E-state index in [0.717, 1.165) is 22.8 Å². The van der Waals surface area contributed by atoms with Gasteiger partial charge in [0.25, 0.3) is 0 Å². The average molecular weight is 257 g/mol. The van der Waals surface area contributed by atoms with Crippen LogP contribution in [0.3, 0.4) is 0 Å². The van der Waals surface area contributed by atoms with Crippen molar-refractivity contribution in [1.82, 2.24) is 5.32 Å². The van der Waals surface area contributed by atoms with Crippen molar-refractivity contribution in [3.05, 3.63) is 29.6 Å².